The highest BCUT2D eigenvalue weighted by Gasteiger charge is 2.12. The Morgan fingerprint density at radius 2 is 1.67 bits per heavy atom. The highest BCUT2D eigenvalue weighted by molar-refractivity contribution is 5.66. The molecule has 5 heteroatoms. The summed E-state index contributed by atoms with van der Waals surface area (Å²) in [6.45, 7) is 9.04. The molecule has 0 saturated carbocycles. The standard InChI is InChI=1S/C22H25N3O2/c1-14(2)12-13-27-18-10-8-17(9-11-18)20-23-21(25-22(26)24-20)19-15(3)6-5-7-16(19)4/h5-11,14H,12-13H2,1-4H3,(H,23,24,25,26). The zero-order valence-corrected chi connectivity index (χ0v) is 16.2. The summed E-state index contributed by atoms with van der Waals surface area (Å²) in [6, 6.07) is 13.5. The first-order chi connectivity index (χ1) is 12.9. The molecule has 0 fully saturated rings. The molecular formula is C22H25N3O2. The van der Waals surface area contributed by atoms with Crippen LogP contribution < -0.4 is 10.4 Å². The van der Waals surface area contributed by atoms with Crippen molar-refractivity contribution >= 4 is 0 Å². The lowest BCUT2D eigenvalue weighted by atomic mass is 10.0. The number of hydrogen-bond donors (Lipinski definition) is 1. The van der Waals surface area contributed by atoms with E-state index in [9.17, 15) is 4.79 Å². The maximum atomic E-state index is 12.1. The molecule has 0 saturated heterocycles. The second kappa shape index (κ2) is 8.16. The number of aryl methyl sites for hydroxylation is 2. The molecule has 27 heavy (non-hydrogen) atoms. The Kier molecular flexibility index (Phi) is 5.69. The minimum absolute atomic E-state index is 0.407. The summed E-state index contributed by atoms with van der Waals surface area (Å²) in [5.41, 5.74) is 3.43. The Hall–Kier alpha value is -2.95. The van der Waals surface area contributed by atoms with Crippen LogP contribution in [0.4, 0.5) is 0 Å². The third kappa shape index (κ3) is 4.61. The lowest BCUT2D eigenvalue weighted by molar-refractivity contribution is 0.289. The van der Waals surface area contributed by atoms with Gasteiger partial charge in [-0.3, -0.25) is 4.98 Å². The topological polar surface area (TPSA) is 67.9 Å². The van der Waals surface area contributed by atoms with Crippen LogP contribution in [-0.4, -0.2) is 21.6 Å². The molecular weight excluding hydrogens is 338 g/mol. The second-order valence-electron chi connectivity index (χ2n) is 7.15. The van der Waals surface area contributed by atoms with Gasteiger partial charge in [0.15, 0.2) is 5.82 Å². The van der Waals surface area contributed by atoms with Crippen LogP contribution in [0.3, 0.4) is 0 Å². The summed E-state index contributed by atoms with van der Waals surface area (Å²) < 4.78 is 5.75. The molecule has 0 atom stereocenters. The van der Waals surface area contributed by atoms with Gasteiger partial charge in [-0.2, -0.15) is 4.98 Å². The molecule has 0 amide bonds. The quantitative estimate of drug-likeness (QED) is 0.698. The van der Waals surface area contributed by atoms with Gasteiger partial charge in [0.05, 0.1) is 6.61 Å². The van der Waals surface area contributed by atoms with Gasteiger partial charge in [-0.25, -0.2) is 9.78 Å². The van der Waals surface area contributed by atoms with Crippen LogP contribution in [0.5, 0.6) is 5.75 Å². The van der Waals surface area contributed by atoms with E-state index in [1.54, 1.807) is 0 Å². The van der Waals surface area contributed by atoms with Crippen molar-refractivity contribution in [2.75, 3.05) is 6.61 Å². The smallest absolute Gasteiger partial charge is 0.348 e. The van der Waals surface area contributed by atoms with Gasteiger partial charge in [-0.05, 0) is 61.6 Å². The minimum Gasteiger partial charge on any atom is -0.494 e. The van der Waals surface area contributed by atoms with E-state index in [-0.39, 0.29) is 0 Å². The maximum Gasteiger partial charge on any atom is 0.348 e. The highest BCUT2D eigenvalue weighted by atomic mass is 16.5. The fourth-order valence-electron chi connectivity index (χ4n) is 2.93. The van der Waals surface area contributed by atoms with Crippen molar-refractivity contribution < 1.29 is 4.74 Å². The number of ether oxygens (including phenoxy) is 1. The van der Waals surface area contributed by atoms with Crippen molar-refractivity contribution in [1.82, 2.24) is 15.0 Å². The summed E-state index contributed by atoms with van der Waals surface area (Å²) in [4.78, 5) is 23.5. The third-order valence-corrected chi connectivity index (χ3v) is 4.44. The monoisotopic (exact) mass is 363 g/mol. The molecule has 0 aliphatic carbocycles. The van der Waals surface area contributed by atoms with E-state index in [0.29, 0.717) is 24.2 Å². The van der Waals surface area contributed by atoms with Crippen LogP contribution in [0.25, 0.3) is 22.8 Å². The SMILES string of the molecule is Cc1cccc(C)c1-c1nc(-c2ccc(OCCC(C)C)cc2)nc(=O)[nH]1. The zero-order chi connectivity index (χ0) is 19.4. The first-order valence-corrected chi connectivity index (χ1v) is 9.22. The Bertz CT molecular complexity index is 955. The summed E-state index contributed by atoms with van der Waals surface area (Å²) >= 11 is 0. The van der Waals surface area contributed by atoms with Crippen LogP contribution in [0, 0.1) is 19.8 Å². The van der Waals surface area contributed by atoms with Crippen LogP contribution in [0.1, 0.15) is 31.4 Å². The van der Waals surface area contributed by atoms with Crippen LogP contribution in [-0.2, 0) is 0 Å². The van der Waals surface area contributed by atoms with Crippen LogP contribution in [0.15, 0.2) is 47.3 Å². The largest absolute Gasteiger partial charge is 0.494 e. The Balaban J connectivity index is 1.89. The van der Waals surface area contributed by atoms with E-state index in [1.807, 2.05) is 56.3 Å². The molecule has 0 radical (unpaired) electrons. The lowest BCUT2D eigenvalue weighted by Crippen LogP contribution is -2.15. The maximum absolute atomic E-state index is 12.1. The van der Waals surface area contributed by atoms with E-state index in [1.165, 1.54) is 0 Å². The number of nitrogens with one attached hydrogen (secondary N) is 1. The minimum atomic E-state index is -0.407. The summed E-state index contributed by atoms with van der Waals surface area (Å²) in [7, 11) is 0. The average Bonchev–Trinajstić information content (AvgIpc) is 2.61. The van der Waals surface area contributed by atoms with Gasteiger partial charge in [-0.15, -0.1) is 0 Å². The van der Waals surface area contributed by atoms with E-state index in [4.69, 9.17) is 4.74 Å². The molecule has 0 bridgehead atoms. The molecule has 1 N–H and O–H groups in total. The number of rotatable bonds is 6. The van der Waals surface area contributed by atoms with Crippen molar-refractivity contribution in [3.05, 3.63) is 64.1 Å². The number of aromatic nitrogens is 3. The summed E-state index contributed by atoms with van der Waals surface area (Å²) in [5.74, 6) is 2.36. The lowest BCUT2D eigenvalue weighted by Gasteiger charge is -2.10. The van der Waals surface area contributed by atoms with Crippen LogP contribution >= 0.6 is 0 Å². The summed E-state index contributed by atoms with van der Waals surface area (Å²) in [6.07, 6.45) is 1.01. The third-order valence-electron chi connectivity index (χ3n) is 4.44. The average molecular weight is 363 g/mol. The van der Waals surface area contributed by atoms with Gasteiger partial charge in [0.1, 0.15) is 11.6 Å². The van der Waals surface area contributed by atoms with Gasteiger partial charge >= 0.3 is 5.69 Å². The number of H-pyrrole nitrogens is 1. The Labute approximate surface area is 159 Å². The number of hydrogen-bond acceptors (Lipinski definition) is 4. The molecule has 0 aliphatic rings. The molecule has 3 aromatic rings. The van der Waals surface area contributed by atoms with Crippen LogP contribution in [0.2, 0.25) is 0 Å². The van der Waals surface area contributed by atoms with Crippen molar-refractivity contribution in [2.24, 2.45) is 5.92 Å². The molecule has 0 unspecified atom stereocenters. The van der Waals surface area contributed by atoms with Gasteiger partial charge in [0.2, 0.25) is 0 Å². The van der Waals surface area contributed by atoms with E-state index < -0.39 is 5.69 Å². The Morgan fingerprint density at radius 3 is 2.30 bits per heavy atom. The van der Waals surface area contributed by atoms with Gasteiger partial charge in [0, 0.05) is 11.1 Å². The normalized spacial score (nSPS) is 11.0. The second-order valence-corrected chi connectivity index (χ2v) is 7.15. The zero-order valence-electron chi connectivity index (χ0n) is 16.2. The van der Waals surface area contributed by atoms with Gasteiger partial charge in [0.25, 0.3) is 0 Å². The molecule has 1 heterocycles. The molecule has 140 valence electrons. The first-order valence-electron chi connectivity index (χ1n) is 9.22. The molecule has 3 rings (SSSR count). The van der Waals surface area contributed by atoms with E-state index >= 15 is 0 Å². The number of aromatic amines is 1. The predicted molar refractivity (Wildman–Crippen MR) is 108 cm³/mol. The van der Waals surface area contributed by atoms with Gasteiger partial charge in [-0.1, -0.05) is 32.0 Å². The van der Waals surface area contributed by atoms with Crippen molar-refractivity contribution in [3.8, 4) is 28.5 Å². The number of benzene rings is 2. The van der Waals surface area contributed by atoms with Crippen molar-refractivity contribution in [1.29, 1.82) is 0 Å². The highest BCUT2D eigenvalue weighted by Crippen LogP contribution is 2.25. The van der Waals surface area contributed by atoms with E-state index in [2.05, 4.69) is 28.8 Å². The van der Waals surface area contributed by atoms with Gasteiger partial charge < -0.3 is 4.74 Å². The van der Waals surface area contributed by atoms with Crippen molar-refractivity contribution in [3.63, 3.8) is 0 Å². The number of nitrogens with zero attached hydrogens (tertiary/aromatic N) is 2. The van der Waals surface area contributed by atoms with Crippen molar-refractivity contribution in [2.45, 2.75) is 34.1 Å². The molecule has 2 aromatic carbocycles. The first kappa shape index (κ1) is 18.8. The molecule has 0 aliphatic heterocycles. The predicted octanol–water partition coefficient (Wildman–Crippen LogP) is 4.54. The molecule has 5 nitrogen and oxygen atoms in total. The fraction of sp³-hybridized carbons (Fsp3) is 0.318. The molecule has 0 spiro atoms. The summed E-state index contributed by atoms with van der Waals surface area (Å²) in [5, 5.41) is 0. The Morgan fingerprint density at radius 1 is 1.00 bits per heavy atom. The van der Waals surface area contributed by atoms with E-state index in [0.717, 1.165) is 34.4 Å². The fourth-order valence-corrected chi connectivity index (χ4v) is 2.93. The molecule has 1 aromatic heterocycles.